The van der Waals surface area contributed by atoms with Crippen LogP contribution in [-0.2, 0) is 28.4 Å². The van der Waals surface area contributed by atoms with Crippen LogP contribution in [0.1, 0.15) is 0 Å². The summed E-state index contributed by atoms with van der Waals surface area (Å²) in [6.07, 6.45) is -25.5. The Bertz CT molecular complexity index is 789. The van der Waals surface area contributed by atoms with E-state index in [1.807, 2.05) is 0 Å². The van der Waals surface area contributed by atoms with Gasteiger partial charge < -0.3 is 84.7 Å². The fourth-order valence-electron chi connectivity index (χ4n) is 4.36. The van der Waals surface area contributed by atoms with Gasteiger partial charge in [-0.05, 0) is 5.11 Å². The molecule has 0 aliphatic carbocycles. The van der Waals surface area contributed by atoms with Gasteiger partial charge in [0.15, 0.2) is 25.9 Å². The van der Waals surface area contributed by atoms with Gasteiger partial charge in [0.2, 0.25) is 6.73 Å². The highest BCUT2D eigenvalue weighted by Gasteiger charge is 2.53. The summed E-state index contributed by atoms with van der Waals surface area (Å²) in [4.78, 5) is 0.184. The van der Waals surface area contributed by atoms with Gasteiger partial charge in [0.05, 0.1) is 19.8 Å². The Balaban J connectivity index is 1.78. The molecule has 0 bridgehead atoms. The number of azo groups is 1. The van der Waals surface area contributed by atoms with Crippen LogP contribution in [0.15, 0.2) is 5.11 Å². The molecule has 0 radical (unpaired) electrons. The Kier molecular flexibility index (Phi) is 11.7. The van der Waals surface area contributed by atoms with Crippen molar-refractivity contribution in [3.8, 4) is 0 Å². The summed E-state index contributed by atoms with van der Waals surface area (Å²) < 4.78 is 32.1. The van der Waals surface area contributed by atoms with Crippen LogP contribution in [0.25, 0.3) is 0 Å². The first-order valence-electron chi connectivity index (χ1n) is 12.0. The van der Waals surface area contributed by atoms with E-state index >= 15 is 0 Å². The fourth-order valence-corrected chi connectivity index (χ4v) is 4.36. The van der Waals surface area contributed by atoms with E-state index in [9.17, 15) is 56.3 Å². The average Bonchev–Trinajstić information content (AvgIpc) is 2.91. The van der Waals surface area contributed by atoms with E-state index < -0.39 is 119 Å². The van der Waals surface area contributed by atoms with E-state index in [2.05, 4.69) is 5.11 Å². The molecule has 0 amide bonds. The number of hydrogen-bond donors (Lipinski definition) is 10. The SMILES string of the molecule is C[N+]([O-])=NCO[C@H]1O[C@H](CO)[C@@H](O)[C@H](O[C@@H]2O[C@H](CO)[C@@H](O)[C@@H](O[C@@H]3O[C@H](CO)[C@@H](O)[C@@H](O)[C@H]3O)[C@H]2O)[C@H]1O. The molecule has 0 aromatic carbocycles. The summed E-state index contributed by atoms with van der Waals surface area (Å²) in [5.41, 5.74) is 0. The summed E-state index contributed by atoms with van der Waals surface area (Å²) in [5, 5.41) is 116. The molecule has 0 unspecified atom stereocenters. The molecule has 3 aliphatic rings. The molecular weight excluding hydrogens is 540 g/mol. The quantitative estimate of drug-likeness (QED) is 0.0656. The third-order valence-electron chi connectivity index (χ3n) is 6.57. The largest absolute Gasteiger partial charge is 0.600 e. The molecule has 19 nitrogen and oxygen atoms in total. The molecule has 15 atom stereocenters. The molecule has 0 aromatic rings. The molecule has 3 rings (SSSR count). The Morgan fingerprint density at radius 2 is 1.03 bits per heavy atom. The van der Waals surface area contributed by atoms with Crippen LogP contribution in [0.3, 0.4) is 0 Å². The lowest BCUT2D eigenvalue weighted by atomic mass is 9.96. The summed E-state index contributed by atoms with van der Waals surface area (Å²) in [7, 11) is 1.07. The van der Waals surface area contributed by atoms with Crippen LogP contribution in [0, 0.1) is 5.21 Å². The first kappa shape index (κ1) is 32.3. The zero-order valence-corrected chi connectivity index (χ0v) is 20.7. The highest BCUT2D eigenvalue weighted by atomic mass is 16.8. The Morgan fingerprint density at radius 1 is 0.615 bits per heavy atom. The monoisotopic (exact) mass is 576 g/mol. The van der Waals surface area contributed by atoms with E-state index in [0.29, 0.717) is 0 Å². The van der Waals surface area contributed by atoms with Crippen molar-refractivity contribution in [1.29, 1.82) is 0 Å². The molecule has 39 heavy (non-hydrogen) atoms. The van der Waals surface area contributed by atoms with Gasteiger partial charge in [0, 0.05) is 0 Å². The second-order valence-corrected chi connectivity index (χ2v) is 9.21. The first-order valence-corrected chi connectivity index (χ1v) is 12.0. The molecular formula is C20H36N2O17. The number of rotatable bonds is 10. The predicted molar refractivity (Wildman–Crippen MR) is 117 cm³/mol. The molecule has 0 aromatic heterocycles. The topological polar surface area (TPSA) is 296 Å². The second-order valence-electron chi connectivity index (χ2n) is 9.21. The van der Waals surface area contributed by atoms with Crippen LogP contribution < -0.4 is 0 Å². The molecule has 3 aliphatic heterocycles. The van der Waals surface area contributed by atoms with Gasteiger partial charge in [-0.15, -0.1) is 0 Å². The van der Waals surface area contributed by atoms with Gasteiger partial charge in [0.1, 0.15) is 73.2 Å². The maximum Gasteiger partial charge on any atom is 0.203 e. The Morgan fingerprint density at radius 3 is 1.49 bits per heavy atom. The van der Waals surface area contributed by atoms with Crippen LogP contribution >= 0.6 is 0 Å². The van der Waals surface area contributed by atoms with Crippen LogP contribution in [-0.4, -0.2) is 182 Å². The fraction of sp³-hybridized carbons (Fsp3) is 1.00. The van der Waals surface area contributed by atoms with Crippen molar-refractivity contribution in [2.24, 2.45) is 5.11 Å². The molecule has 3 saturated heterocycles. The van der Waals surface area contributed by atoms with Crippen molar-refractivity contribution in [2.75, 3.05) is 33.6 Å². The number of aliphatic hydroxyl groups is 10. The summed E-state index contributed by atoms with van der Waals surface area (Å²) in [5.74, 6) is 0. The number of ether oxygens (including phenoxy) is 6. The van der Waals surface area contributed by atoms with Gasteiger partial charge >= 0.3 is 0 Å². The highest BCUT2D eigenvalue weighted by Crippen LogP contribution is 2.32. The van der Waals surface area contributed by atoms with Gasteiger partial charge in [-0.25, -0.2) is 0 Å². The lowest BCUT2D eigenvalue weighted by molar-refractivity contribution is -0.505. The molecule has 19 heteroatoms. The highest BCUT2D eigenvalue weighted by molar-refractivity contribution is 4.96. The third kappa shape index (κ3) is 7.16. The minimum atomic E-state index is -1.95. The van der Waals surface area contributed by atoms with Crippen molar-refractivity contribution in [1.82, 2.24) is 0 Å². The summed E-state index contributed by atoms with van der Waals surface area (Å²) in [6.45, 7) is -2.95. The standard InChI is InChI=1S/C20H36N2O17/c1-22(33)21-5-34-18-14(31)16(10(27)7(3-24)35-18)39-20-15(32)17(11(28)8(4-25)37-20)38-19-13(30)12(29)9(26)6(2-23)36-19/h6-20,23-32H,2-5H2,1H3/t6-,7-,8-,9-,10-,11-,12-,13-,14-,15-,16+,17-,18+,19+,20+/m1/s1. The zero-order valence-electron chi connectivity index (χ0n) is 20.7. The van der Waals surface area contributed by atoms with E-state index in [1.54, 1.807) is 0 Å². The van der Waals surface area contributed by atoms with Gasteiger partial charge in [-0.1, -0.05) is 4.86 Å². The molecule has 228 valence electrons. The van der Waals surface area contributed by atoms with Crippen molar-refractivity contribution in [3.63, 3.8) is 0 Å². The second kappa shape index (κ2) is 14.1. The van der Waals surface area contributed by atoms with Crippen LogP contribution in [0.2, 0.25) is 0 Å². The summed E-state index contributed by atoms with van der Waals surface area (Å²) >= 11 is 0. The lowest BCUT2D eigenvalue weighted by Gasteiger charge is -2.48. The zero-order chi connectivity index (χ0) is 29.0. The summed E-state index contributed by atoms with van der Waals surface area (Å²) in [6, 6.07) is 0. The normalized spacial score (nSPS) is 47.8. The number of aliphatic hydroxyl groups excluding tert-OH is 10. The number of hydrogen-bond acceptors (Lipinski definition) is 18. The minimum absolute atomic E-state index is 0.184. The predicted octanol–water partition coefficient (Wildman–Crippen LogP) is -7.00. The maximum atomic E-state index is 11.0. The Labute approximate surface area is 221 Å². The Hall–Kier alpha value is -1.24. The van der Waals surface area contributed by atoms with Crippen LogP contribution in [0.4, 0.5) is 0 Å². The smallest absolute Gasteiger partial charge is 0.203 e. The minimum Gasteiger partial charge on any atom is -0.600 e. The van der Waals surface area contributed by atoms with Crippen molar-refractivity contribution in [2.45, 2.75) is 92.1 Å². The third-order valence-corrected chi connectivity index (χ3v) is 6.57. The average molecular weight is 577 g/mol. The van der Waals surface area contributed by atoms with E-state index in [0.717, 1.165) is 7.05 Å². The number of hydroxylamine groups is 1. The van der Waals surface area contributed by atoms with Crippen molar-refractivity contribution < 1.29 is 84.3 Å². The van der Waals surface area contributed by atoms with E-state index in [4.69, 9.17) is 28.4 Å². The lowest BCUT2D eigenvalue weighted by Crippen LogP contribution is -2.67. The van der Waals surface area contributed by atoms with Crippen molar-refractivity contribution >= 4 is 0 Å². The molecule has 3 heterocycles. The molecule has 0 spiro atoms. The van der Waals surface area contributed by atoms with Gasteiger partial charge in [-0.2, -0.15) is 0 Å². The first-order chi connectivity index (χ1) is 18.4. The molecule has 3 fully saturated rings. The molecule has 10 N–H and O–H groups in total. The van der Waals surface area contributed by atoms with E-state index in [1.165, 1.54) is 0 Å². The van der Waals surface area contributed by atoms with Gasteiger partial charge in [-0.3, -0.25) is 0 Å². The van der Waals surface area contributed by atoms with E-state index in [-0.39, 0.29) is 4.86 Å². The molecule has 0 saturated carbocycles. The van der Waals surface area contributed by atoms with Crippen LogP contribution in [0.5, 0.6) is 0 Å². The van der Waals surface area contributed by atoms with Gasteiger partial charge in [0.25, 0.3) is 0 Å². The van der Waals surface area contributed by atoms with Crippen molar-refractivity contribution in [3.05, 3.63) is 5.21 Å². The maximum absolute atomic E-state index is 11.0. The number of nitrogens with zero attached hydrogens (tertiary/aromatic N) is 2.